The third-order valence-electron chi connectivity index (χ3n) is 3.03. The first-order chi connectivity index (χ1) is 7.63. The third-order valence-corrected chi connectivity index (χ3v) is 3.03. The molecule has 1 fully saturated rings. The summed E-state index contributed by atoms with van der Waals surface area (Å²) in [7, 11) is 0. The van der Waals surface area contributed by atoms with Crippen LogP contribution in [0.1, 0.15) is 35.7 Å². The standard InChI is InChI=1S/C13H17NO2/c1-3-14(11-5-6-11)13(16)10-4-7-12(15)9(2)8-10/h4,7-8,11,15H,3,5-6H2,1-2H3. The number of hydrogen-bond donors (Lipinski definition) is 1. The van der Waals surface area contributed by atoms with Gasteiger partial charge in [-0.05, 0) is 50.5 Å². The van der Waals surface area contributed by atoms with Crippen LogP contribution in [0.15, 0.2) is 18.2 Å². The molecule has 0 atom stereocenters. The fourth-order valence-electron chi connectivity index (χ4n) is 1.91. The molecule has 0 unspecified atom stereocenters. The second-order valence-electron chi connectivity index (χ2n) is 4.32. The molecule has 1 saturated carbocycles. The fraction of sp³-hybridized carbons (Fsp3) is 0.462. The highest BCUT2D eigenvalue weighted by molar-refractivity contribution is 5.95. The van der Waals surface area contributed by atoms with Crippen LogP contribution < -0.4 is 0 Å². The number of carbonyl (C=O) groups is 1. The van der Waals surface area contributed by atoms with Crippen LogP contribution in [0.25, 0.3) is 0 Å². The van der Waals surface area contributed by atoms with E-state index in [2.05, 4.69) is 0 Å². The van der Waals surface area contributed by atoms with Crippen LogP contribution in [-0.2, 0) is 0 Å². The van der Waals surface area contributed by atoms with Crippen molar-refractivity contribution in [2.24, 2.45) is 0 Å². The minimum absolute atomic E-state index is 0.0769. The Kier molecular flexibility index (Phi) is 2.86. The molecule has 0 radical (unpaired) electrons. The van der Waals surface area contributed by atoms with Gasteiger partial charge in [0.05, 0.1) is 0 Å². The predicted molar refractivity (Wildman–Crippen MR) is 62.6 cm³/mol. The number of carbonyl (C=O) groups excluding carboxylic acids is 1. The zero-order chi connectivity index (χ0) is 11.7. The summed E-state index contributed by atoms with van der Waals surface area (Å²) >= 11 is 0. The van der Waals surface area contributed by atoms with Crippen molar-refractivity contribution in [1.82, 2.24) is 4.90 Å². The van der Waals surface area contributed by atoms with E-state index in [0.29, 0.717) is 11.6 Å². The van der Waals surface area contributed by atoms with Gasteiger partial charge in [-0.1, -0.05) is 0 Å². The van der Waals surface area contributed by atoms with Crippen molar-refractivity contribution in [3.63, 3.8) is 0 Å². The molecule has 0 spiro atoms. The van der Waals surface area contributed by atoms with E-state index in [1.807, 2.05) is 11.8 Å². The van der Waals surface area contributed by atoms with Gasteiger partial charge in [-0.15, -0.1) is 0 Å². The zero-order valence-corrected chi connectivity index (χ0v) is 9.73. The highest BCUT2D eigenvalue weighted by Gasteiger charge is 2.31. The molecule has 3 nitrogen and oxygen atoms in total. The minimum atomic E-state index is 0.0769. The van der Waals surface area contributed by atoms with Crippen LogP contribution >= 0.6 is 0 Å². The molecule has 1 amide bonds. The fourth-order valence-corrected chi connectivity index (χ4v) is 1.91. The van der Waals surface area contributed by atoms with Crippen LogP contribution in [0.2, 0.25) is 0 Å². The first kappa shape index (κ1) is 11.0. The summed E-state index contributed by atoms with van der Waals surface area (Å²) in [6.45, 7) is 4.56. The van der Waals surface area contributed by atoms with Crippen molar-refractivity contribution in [1.29, 1.82) is 0 Å². The van der Waals surface area contributed by atoms with Gasteiger partial charge in [0.25, 0.3) is 5.91 Å². The summed E-state index contributed by atoms with van der Waals surface area (Å²) in [6, 6.07) is 5.47. The molecule has 16 heavy (non-hydrogen) atoms. The maximum absolute atomic E-state index is 12.2. The van der Waals surface area contributed by atoms with E-state index >= 15 is 0 Å². The molecule has 1 aliphatic rings. The Morgan fingerprint density at radius 3 is 2.69 bits per heavy atom. The van der Waals surface area contributed by atoms with Gasteiger partial charge < -0.3 is 10.0 Å². The van der Waals surface area contributed by atoms with Crippen molar-refractivity contribution in [3.8, 4) is 5.75 Å². The molecule has 86 valence electrons. The Labute approximate surface area is 95.7 Å². The average Bonchev–Trinajstić information content (AvgIpc) is 3.07. The molecule has 1 N–H and O–H groups in total. The van der Waals surface area contributed by atoms with Crippen LogP contribution in [0.5, 0.6) is 5.75 Å². The summed E-state index contributed by atoms with van der Waals surface area (Å²) < 4.78 is 0. The lowest BCUT2D eigenvalue weighted by molar-refractivity contribution is 0.0752. The summed E-state index contributed by atoms with van der Waals surface area (Å²) in [5.41, 5.74) is 1.42. The number of aromatic hydroxyl groups is 1. The average molecular weight is 219 g/mol. The lowest BCUT2D eigenvalue weighted by atomic mass is 10.1. The second kappa shape index (κ2) is 4.16. The van der Waals surface area contributed by atoms with E-state index in [-0.39, 0.29) is 11.7 Å². The number of benzene rings is 1. The molecular weight excluding hydrogens is 202 g/mol. The number of amides is 1. The van der Waals surface area contributed by atoms with E-state index in [4.69, 9.17) is 0 Å². The van der Waals surface area contributed by atoms with Gasteiger partial charge in [0, 0.05) is 18.2 Å². The first-order valence-electron chi connectivity index (χ1n) is 5.74. The van der Waals surface area contributed by atoms with Crippen molar-refractivity contribution >= 4 is 5.91 Å². The first-order valence-corrected chi connectivity index (χ1v) is 5.74. The lowest BCUT2D eigenvalue weighted by Crippen LogP contribution is -2.32. The van der Waals surface area contributed by atoms with Crippen molar-refractivity contribution in [2.45, 2.75) is 32.7 Å². The smallest absolute Gasteiger partial charge is 0.254 e. The molecule has 0 aliphatic heterocycles. The molecule has 0 heterocycles. The zero-order valence-electron chi connectivity index (χ0n) is 9.73. The monoisotopic (exact) mass is 219 g/mol. The number of phenols is 1. The predicted octanol–water partition coefficient (Wildman–Crippen LogP) is 2.33. The molecule has 0 saturated heterocycles. The molecule has 0 aromatic heterocycles. The summed E-state index contributed by atoms with van der Waals surface area (Å²) in [5.74, 6) is 0.319. The summed E-state index contributed by atoms with van der Waals surface area (Å²) in [6.07, 6.45) is 2.24. The van der Waals surface area contributed by atoms with Gasteiger partial charge in [-0.25, -0.2) is 0 Å². The van der Waals surface area contributed by atoms with Crippen LogP contribution in [0.3, 0.4) is 0 Å². The molecule has 1 aliphatic carbocycles. The third kappa shape index (κ3) is 2.03. The largest absolute Gasteiger partial charge is 0.508 e. The van der Waals surface area contributed by atoms with Gasteiger partial charge in [0.2, 0.25) is 0 Å². The lowest BCUT2D eigenvalue weighted by Gasteiger charge is -2.20. The quantitative estimate of drug-likeness (QED) is 0.847. The molecule has 1 aromatic rings. The normalized spacial score (nSPS) is 14.9. The van der Waals surface area contributed by atoms with E-state index in [9.17, 15) is 9.90 Å². The minimum Gasteiger partial charge on any atom is -0.508 e. The van der Waals surface area contributed by atoms with E-state index in [0.717, 1.165) is 24.9 Å². The molecular formula is C13H17NO2. The van der Waals surface area contributed by atoms with E-state index < -0.39 is 0 Å². The Balaban J connectivity index is 2.22. The maximum Gasteiger partial charge on any atom is 0.254 e. The Morgan fingerprint density at radius 1 is 1.50 bits per heavy atom. The Bertz CT molecular complexity index is 410. The Hall–Kier alpha value is -1.51. The highest BCUT2D eigenvalue weighted by atomic mass is 16.3. The number of aryl methyl sites for hydroxylation is 1. The topological polar surface area (TPSA) is 40.5 Å². The number of hydrogen-bond acceptors (Lipinski definition) is 2. The van der Waals surface area contributed by atoms with Crippen LogP contribution in [-0.4, -0.2) is 28.5 Å². The van der Waals surface area contributed by atoms with Gasteiger partial charge in [-0.2, -0.15) is 0 Å². The van der Waals surface area contributed by atoms with Gasteiger partial charge in [0.1, 0.15) is 5.75 Å². The molecule has 0 bridgehead atoms. The second-order valence-corrected chi connectivity index (χ2v) is 4.32. The van der Waals surface area contributed by atoms with Gasteiger partial charge in [0.15, 0.2) is 0 Å². The number of rotatable bonds is 3. The Morgan fingerprint density at radius 2 is 2.19 bits per heavy atom. The number of nitrogens with zero attached hydrogens (tertiary/aromatic N) is 1. The van der Waals surface area contributed by atoms with Crippen molar-refractivity contribution < 1.29 is 9.90 Å². The molecule has 1 aromatic carbocycles. The van der Waals surface area contributed by atoms with Crippen molar-refractivity contribution in [2.75, 3.05) is 6.54 Å². The summed E-state index contributed by atoms with van der Waals surface area (Å²) in [4.78, 5) is 14.1. The van der Waals surface area contributed by atoms with Gasteiger partial charge >= 0.3 is 0 Å². The molecule has 3 heteroatoms. The van der Waals surface area contributed by atoms with Crippen LogP contribution in [0.4, 0.5) is 0 Å². The van der Waals surface area contributed by atoms with Crippen molar-refractivity contribution in [3.05, 3.63) is 29.3 Å². The molecule has 2 rings (SSSR count). The van der Waals surface area contributed by atoms with Gasteiger partial charge in [-0.3, -0.25) is 4.79 Å². The van der Waals surface area contributed by atoms with E-state index in [1.54, 1.807) is 25.1 Å². The van der Waals surface area contributed by atoms with E-state index in [1.165, 1.54) is 0 Å². The van der Waals surface area contributed by atoms with Crippen LogP contribution in [0, 0.1) is 6.92 Å². The maximum atomic E-state index is 12.2. The number of phenolic OH excluding ortho intramolecular Hbond substituents is 1. The highest BCUT2D eigenvalue weighted by Crippen LogP contribution is 2.28. The summed E-state index contributed by atoms with van der Waals surface area (Å²) in [5, 5.41) is 9.42. The SMILES string of the molecule is CCN(C(=O)c1ccc(O)c(C)c1)C1CC1.